The van der Waals surface area contributed by atoms with Crippen LogP contribution in [0.5, 0.6) is 0 Å². The standard InChI is InChI=1S/C14H15ClFNO2/c15-9-2-1-8(12(16)5-9)7-17-10-3-4-13(17)11(6-10)14(18)19/h1-2,5,10-11,13H,3-4,6-7H2,(H,18,19). The van der Waals surface area contributed by atoms with Crippen LogP contribution in [0.1, 0.15) is 24.8 Å². The first-order valence-electron chi connectivity index (χ1n) is 6.48. The molecule has 2 bridgehead atoms. The second-order valence-corrected chi connectivity index (χ2v) is 5.82. The first kappa shape index (κ1) is 12.9. The van der Waals surface area contributed by atoms with E-state index in [4.69, 9.17) is 11.6 Å². The minimum absolute atomic E-state index is 0.0533. The monoisotopic (exact) mass is 283 g/mol. The number of nitrogens with zero attached hydrogens (tertiary/aromatic N) is 1. The highest BCUT2D eigenvalue weighted by molar-refractivity contribution is 6.30. The van der Waals surface area contributed by atoms with Crippen LogP contribution < -0.4 is 0 Å². The second kappa shape index (κ2) is 4.76. The van der Waals surface area contributed by atoms with Crippen molar-refractivity contribution in [1.29, 1.82) is 0 Å². The first-order chi connectivity index (χ1) is 9.06. The van der Waals surface area contributed by atoms with Gasteiger partial charge < -0.3 is 5.11 Å². The van der Waals surface area contributed by atoms with Gasteiger partial charge in [0.05, 0.1) is 5.92 Å². The van der Waals surface area contributed by atoms with Crippen LogP contribution in [0, 0.1) is 11.7 Å². The van der Waals surface area contributed by atoms with Gasteiger partial charge in [0.15, 0.2) is 0 Å². The van der Waals surface area contributed by atoms with E-state index in [2.05, 4.69) is 4.90 Å². The van der Waals surface area contributed by atoms with Gasteiger partial charge in [-0.25, -0.2) is 4.39 Å². The smallest absolute Gasteiger partial charge is 0.308 e. The van der Waals surface area contributed by atoms with Crippen molar-refractivity contribution in [3.05, 3.63) is 34.6 Å². The number of rotatable bonds is 3. The van der Waals surface area contributed by atoms with Crippen LogP contribution in [0.15, 0.2) is 18.2 Å². The Morgan fingerprint density at radius 3 is 2.89 bits per heavy atom. The average molecular weight is 284 g/mol. The molecule has 0 radical (unpaired) electrons. The van der Waals surface area contributed by atoms with Gasteiger partial charge in [0, 0.05) is 29.2 Å². The number of carboxylic acid groups (broad SMARTS) is 1. The van der Waals surface area contributed by atoms with E-state index in [9.17, 15) is 14.3 Å². The fourth-order valence-corrected chi connectivity index (χ4v) is 3.62. The normalized spacial score (nSPS) is 29.9. The van der Waals surface area contributed by atoms with Crippen molar-refractivity contribution >= 4 is 17.6 Å². The van der Waals surface area contributed by atoms with E-state index < -0.39 is 5.97 Å². The van der Waals surface area contributed by atoms with Crippen molar-refractivity contribution in [2.24, 2.45) is 5.92 Å². The van der Waals surface area contributed by atoms with Crippen LogP contribution >= 0.6 is 11.6 Å². The molecule has 5 heteroatoms. The van der Waals surface area contributed by atoms with E-state index in [1.807, 2.05) is 0 Å². The van der Waals surface area contributed by atoms with E-state index in [0.717, 1.165) is 12.8 Å². The van der Waals surface area contributed by atoms with Crippen LogP contribution in [0.25, 0.3) is 0 Å². The molecule has 1 aromatic carbocycles. The molecule has 3 rings (SSSR count). The lowest BCUT2D eigenvalue weighted by atomic mass is 9.89. The van der Waals surface area contributed by atoms with Gasteiger partial charge in [-0.1, -0.05) is 17.7 Å². The van der Waals surface area contributed by atoms with Gasteiger partial charge in [-0.05, 0) is 31.4 Å². The summed E-state index contributed by atoms with van der Waals surface area (Å²) in [5, 5.41) is 9.58. The van der Waals surface area contributed by atoms with Crippen LogP contribution in [0.4, 0.5) is 4.39 Å². The van der Waals surface area contributed by atoms with Gasteiger partial charge in [0.25, 0.3) is 0 Å². The number of hydrogen-bond acceptors (Lipinski definition) is 2. The summed E-state index contributed by atoms with van der Waals surface area (Å²) in [6.07, 6.45) is 2.61. The van der Waals surface area contributed by atoms with Crippen molar-refractivity contribution in [3.8, 4) is 0 Å². The molecule has 0 aliphatic carbocycles. The van der Waals surface area contributed by atoms with Gasteiger partial charge in [-0.3, -0.25) is 9.69 Å². The number of halogens is 2. The highest BCUT2D eigenvalue weighted by Crippen LogP contribution is 2.42. The zero-order chi connectivity index (χ0) is 13.6. The molecular weight excluding hydrogens is 269 g/mol. The van der Waals surface area contributed by atoms with E-state index in [0.29, 0.717) is 23.6 Å². The minimum Gasteiger partial charge on any atom is -0.481 e. The number of carbonyl (C=O) groups is 1. The Morgan fingerprint density at radius 2 is 2.26 bits per heavy atom. The molecule has 3 atom stereocenters. The highest BCUT2D eigenvalue weighted by atomic mass is 35.5. The maximum atomic E-state index is 13.8. The Hall–Kier alpha value is -1.13. The van der Waals surface area contributed by atoms with E-state index in [-0.39, 0.29) is 23.8 Å². The van der Waals surface area contributed by atoms with Crippen molar-refractivity contribution in [1.82, 2.24) is 4.90 Å². The molecular formula is C14H15ClFNO2. The first-order valence-corrected chi connectivity index (χ1v) is 6.86. The maximum Gasteiger partial charge on any atom is 0.308 e. The fraction of sp³-hybridized carbons (Fsp3) is 0.500. The van der Waals surface area contributed by atoms with E-state index in [1.54, 1.807) is 12.1 Å². The van der Waals surface area contributed by atoms with Crippen LogP contribution in [-0.2, 0) is 11.3 Å². The lowest BCUT2D eigenvalue weighted by molar-refractivity contribution is -0.142. The van der Waals surface area contributed by atoms with Gasteiger partial charge in [0.1, 0.15) is 5.82 Å². The molecule has 1 N–H and O–H groups in total. The number of aliphatic carboxylic acids is 1. The lowest BCUT2D eigenvalue weighted by Gasteiger charge is -2.23. The summed E-state index contributed by atoms with van der Waals surface area (Å²) >= 11 is 5.74. The molecule has 2 saturated heterocycles. The molecule has 0 aromatic heterocycles. The predicted octanol–water partition coefficient (Wildman–Crippen LogP) is 2.92. The quantitative estimate of drug-likeness (QED) is 0.927. The highest BCUT2D eigenvalue weighted by Gasteiger charge is 2.49. The summed E-state index contributed by atoms with van der Waals surface area (Å²) in [5.74, 6) is -1.34. The molecule has 0 saturated carbocycles. The molecule has 3 unspecified atom stereocenters. The minimum atomic E-state index is -0.728. The molecule has 3 nitrogen and oxygen atoms in total. The van der Waals surface area contributed by atoms with Gasteiger partial charge >= 0.3 is 5.97 Å². The molecule has 1 aromatic rings. The van der Waals surface area contributed by atoms with Gasteiger partial charge in [-0.15, -0.1) is 0 Å². The summed E-state index contributed by atoms with van der Waals surface area (Å²) < 4.78 is 13.8. The summed E-state index contributed by atoms with van der Waals surface area (Å²) in [7, 11) is 0. The zero-order valence-corrected chi connectivity index (χ0v) is 11.1. The summed E-state index contributed by atoms with van der Waals surface area (Å²) in [5.41, 5.74) is 0.590. The van der Waals surface area contributed by atoms with E-state index in [1.165, 1.54) is 6.07 Å². The predicted molar refractivity (Wildman–Crippen MR) is 69.5 cm³/mol. The molecule has 0 amide bonds. The van der Waals surface area contributed by atoms with Crippen LogP contribution in [-0.4, -0.2) is 28.1 Å². The lowest BCUT2D eigenvalue weighted by Crippen LogP contribution is -2.32. The largest absolute Gasteiger partial charge is 0.481 e. The Morgan fingerprint density at radius 1 is 1.47 bits per heavy atom. The van der Waals surface area contributed by atoms with Gasteiger partial charge in [0.2, 0.25) is 0 Å². The van der Waals surface area contributed by atoms with Crippen molar-refractivity contribution in [3.63, 3.8) is 0 Å². The molecule has 19 heavy (non-hydrogen) atoms. The number of benzene rings is 1. The average Bonchev–Trinajstić information content (AvgIpc) is 2.90. The Balaban J connectivity index is 1.79. The number of fused-ring (bicyclic) bond motifs is 2. The Bertz CT molecular complexity index is 522. The molecule has 102 valence electrons. The van der Waals surface area contributed by atoms with E-state index >= 15 is 0 Å². The Labute approximate surface area is 116 Å². The molecule has 2 heterocycles. The number of carboxylic acids is 1. The van der Waals surface area contributed by atoms with Gasteiger partial charge in [-0.2, -0.15) is 0 Å². The fourth-order valence-electron chi connectivity index (χ4n) is 3.46. The molecule has 2 fully saturated rings. The molecule has 0 spiro atoms. The zero-order valence-electron chi connectivity index (χ0n) is 10.4. The van der Waals surface area contributed by atoms with Crippen molar-refractivity contribution in [2.75, 3.05) is 0 Å². The summed E-state index contributed by atoms with van der Waals surface area (Å²) in [6, 6.07) is 5.00. The molecule has 2 aliphatic rings. The second-order valence-electron chi connectivity index (χ2n) is 5.39. The third-order valence-electron chi connectivity index (χ3n) is 4.37. The summed E-state index contributed by atoms with van der Waals surface area (Å²) in [6.45, 7) is 0.474. The van der Waals surface area contributed by atoms with Crippen LogP contribution in [0.2, 0.25) is 5.02 Å². The third kappa shape index (κ3) is 2.23. The third-order valence-corrected chi connectivity index (χ3v) is 4.60. The number of hydrogen-bond donors (Lipinski definition) is 1. The van der Waals surface area contributed by atoms with Crippen LogP contribution in [0.3, 0.4) is 0 Å². The van der Waals surface area contributed by atoms with Crippen molar-refractivity contribution in [2.45, 2.75) is 37.9 Å². The Kier molecular flexibility index (Phi) is 3.23. The SMILES string of the molecule is O=C(O)C1CC2CCC1N2Cc1ccc(Cl)cc1F. The maximum absolute atomic E-state index is 13.8. The summed E-state index contributed by atoms with van der Waals surface area (Å²) in [4.78, 5) is 13.3. The topological polar surface area (TPSA) is 40.5 Å². The molecule has 2 aliphatic heterocycles. The van der Waals surface area contributed by atoms with Crippen molar-refractivity contribution < 1.29 is 14.3 Å².